The fourth-order valence-corrected chi connectivity index (χ4v) is 5.87. The van der Waals surface area contributed by atoms with E-state index < -0.39 is 24.2 Å². The molecule has 4 rings (SSSR count). The van der Waals surface area contributed by atoms with E-state index in [9.17, 15) is 24.6 Å². The Kier molecular flexibility index (Phi) is 11.0. The van der Waals surface area contributed by atoms with Gasteiger partial charge in [0.1, 0.15) is 18.5 Å². The van der Waals surface area contributed by atoms with Gasteiger partial charge in [-0.1, -0.05) is 23.8 Å². The molecule has 4 N–H and O–H groups in total. The zero-order valence-corrected chi connectivity index (χ0v) is 26.5. The molecule has 0 fully saturated rings. The zero-order chi connectivity index (χ0) is 31.1. The van der Waals surface area contributed by atoms with Crippen molar-refractivity contribution in [3.63, 3.8) is 0 Å². The van der Waals surface area contributed by atoms with Crippen LogP contribution in [0.1, 0.15) is 36.3 Å². The van der Waals surface area contributed by atoms with Gasteiger partial charge in [0.2, 0.25) is 11.8 Å². The first kappa shape index (κ1) is 32.2. The summed E-state index contributed by atoms with van der Waals surface area (Å²) in [4.78, 5) is 43.1. The number of aliphatic hydroxyl groups excluding tert-OH is 2. The number of aliphatic hydroxyl groups is 2. The summed E-state index contributed by atoms with van der Waals surface area (Å²) in [6.07, 6.45) is 2.07. The normalized spacial score (nSPS) is 18.0. The molecule has 3 unspecified atom stereocenters. The third-order valence-electron chi connectivity index (χ3n) is 7.16. The Morgan fingerprint density at radius 3 is 2.65 bits per heavy atom. The predicted octanol–water partition coefficient (Wildman–Crippen LogP) is 3.55. The molecule has 0 saturated heterocycles. The summed E-state index contributed by atoms with van der Waals surface area (Å²) >= 11 is 2.02. The van der Waals surface area contributed by atoms with Crippen molar-refractivity contribution < 1.29 is 34.1 Å². The van der Waals surface area contributed by atoms with Gasteiger partial charge in [0.15, 0.2) is 11.5 Å². The molecule has 11 heteroatoms. The lowest BCUT2D eigenvalue weighted by Gasteiger charge is -2.40. The van der Waals surface area contributed by atoms with Crippen molar-refractivity contribution in [2.45, 2.75) is 44.9 Å². The fraction of sp³-hybridized carbons (Fsp3) is 0.344. The van der Waals surface area contributed by atoms with E-state index in [-0.39, 0.29) is 32.0 Å². The van der Waals surface area contributed by atoms with Gasteiger partial charge in [0.05, 0.1) is 23.3 Å². The van der Waals surface area contributed by atoms with E-state index in [2.05, 4.69) is 10.3 Å². The number of carbonyl (C=O) groups is 3. The highest BCUT2D eigenvalue weighted by atomic mass is 127. The molecule has 1 aliphatic carbocycles. The fourth-order valence-electron chi connectivity index (χ4n) is 5.12. The largest absolute Gasteiger partial charge is 0.493 e. The van der Waals surface area contributed by atoms with Gasteiger partial charge in [-0.3, -0.25) is 14.4 Å². The van der Waals surface area contributed by atoms with Crippen LogP contribution < -0.4 is 14.8 Å². The number of nitrogens with one attached hydrogen (secondary N) is 2. The third-order valence-corrected chi connectivity index (χ3v) is 7.96. The molecule has 0 bridgehead atoms. The Morgan fingerprint density at radius 1 is 1.21 bits per heavy atom. The number of aromatic nitrogens is 1. The summed E-state index contributed by atoms with van der Waals surface area (Å²) in [5.74, 6) is -0.134. The van der Waals surface area contributed by atoms with Gasteiger partial charge in [-0.05, 0) is 72.2 Å². The molecule has 2 amide bonds. The van der Waals surface area contributed by atoms with Crippen LogP contribution in [0.15, 0.2) is 65.8 Å². The van der Waals surface area contributed by atoms with E-state index in [1.807, 2.05) is 66.8 Å². The topological polar surface area (TPSA) is 141 Å². The van der Waals surface area contributed by atoms with E-state index in [4.69, 9.17) is 9.47 Å². The molecule has 1 heterocycles. The van der Waals surface area contributed by atoms with Gasteiger partial charge < -0.3 is 34.9 Å². The van der Waals surface area contributed by atoms with E-state index in [0.29, 0.717) is 38.9 Å². The SMILES string of the molecule is COc1cc(C=O)cc(I)c1OC1C=C(C(=O)NCCO)CC(N(CCc2cc3ccccc3[nH]2)C(=O)C=C(C)C)C1O. The summed E-state index contributed by atoms with van der Waals surface area (Å²) in [7, 11) is 1.44. The van der Waals surface area contributed by atoms with Crippen molar-refractivity contribution in [1.29, 1.82) is 0 Å². The molecular weight excluding hydrogens is 665 g/mol. The van der Waals surface area contributed by atoms with E-state index in [0.717, 1.165) is 22.2 Å². The highest BCUT2D eigenvalue weighted by Crippen LogP contribution is 2.37. The van der Waals surface area contributed by atoms with Crippen LogP contribution in [0.5, 0.6) is 11.5 Å². The van der Waals surface area contributed by atoms with Gasteiger partial charge >= 0.3 is 0 Å². The van der Waals surface area contributed by atoms with Crippen molar-refractivity contribution >= 4 is 51.6 Å². The molecule has 3 aromatic rings. The van der Waals surface area contributed by atoms with Crippen LogP contribution >= 0.6 is 22.6 Å². The minimum atomic E-state index is -1.21. The van der Waals surface area contributed by atoms with Crippen LogP contribution in [0.4, 0.5) is 0 Å². The van der Waals surface area contributed by atoms with E-state index in [1.165, 1.54) is 25.3 Å². The Labute approximate surface area is 263 Å². The number of H-pyrrole nitrogens is 1. The molecule has 2 aromatic carbocycles. The molecule has 0 radical (unpaired) electrons. The lowest BCUT2D eigenvalue weighted by molar-refractivity contribution is -0.133. The van der Waals surface area contributed by atoms with Crippen molar-refractivity contribution in [3.8, 4) is 11.5 Å². The molecule has 1 aromatic heterocycles. The van der Waals surface area contributed by atoms with Gasteiger partial charge in [-0.25, -0.2) is 0 Å². The van der Waals surface area contributed by atoms with Crippen LogP contribution in [-0.4, -0.2) is 83.3 Å². The summed E-state index contributed by atoms with van der Waals surface area (Å²) in [6, 6.07) is 12.3. The summed E-state index contributed by atoms with van der Waals surface area (Å²) in [5, 5.41) is 24.7. The lowest BCUT2D eigenvalue weighted by Crippen LogP contribution is -2.55. The van der Waals surface area contributed by atoms with Gasteiger partial charge in [0, 0.05) is 54.4 Å². The molecule has 0 spiro atoms. The average Bonchev–Trinajstić information content (AvgIpc) is 3.40. The van der Waals surface area contributed by atoms with Gasteiger partial charge in [0.25, 0.3) is 0 Å². The Bertz CT molecular complexity index is 1510. The maximum Gasteiger partial charge on any atom is 0.247 e. The summed E-state index contributed by atoms with van der Waals surface area (Å²) < 4.78 is 12.3. The van der Waals surface area contributed by atoms with E-state index >= 15 is 0 Å². The van der Waals surface area contributed by atoms with Gasteiger partial charge in [-0.2, -0.15) is 0 Å². The molecule has 43 heavy (non-hydrogen) atoms. The number of allylic oxidation sites excluding steroid dienone is 1. The minimum Gasteiger partial charge on any atom is -0.493 e. The maximum atomic E-state index is 13.6. The van der Waals surface area contributed by atoms with Crippen LogP contribution in [0.25, 0.3) is 10.9 Å². The van der Waals surface area contributed by atoms with Crippen LogP contribution in [-0.2, 0) is 16.0 Å². The van der Waals surface area contributed by atoms with Crippen molar-refractivity contribution in [1.82, 2.24) is 15.2 Å². The first-order chi connectivity index (χ1) is 20.6. The van der Waals surface area contributed by atoms with E-state index in [1.54, 1.807) is 11.0 Å². The quantitative estimate of drug-likeness (QED) is 0.129. The minimum absolute atomic E-state index is 0.0502. The van der Waals surface area contributed by atoms with Crippen molar-refractivity contribution in [3.05, 3.63) is 80.6 Å². The lowest BCUT2D eigenvalue weighted by atomic mass is 9.88. The number of aldehydes is 1. The highest BCUT2D eigenvalue weighted by molar-refractivity contribution is 14.1. The standard InChI is InChI=1S/C32H36IN3O7/c1-19(2)12-29(39)36(10-8-23-15-21-6-4-5-7-25(21)35-23)26-16-22(32(41)34-9-11-37)17-27(30(26)40)43-31-24(33)13-20(18-38)14-28(31)42-3/h4-7,12-15,17-18,26-27,30,35,37,40H,8-11,16H2,1-3H3,(H,34,41). The Morgan fingerprint density at radius 2 is 1.98 bits per heavy atom. The number of amides is 2. The molecule has 3 atom stereocenters. The number of hydrogen-bond donors (Lipinski definition) is 4. The van der Waals surface area contributed by atoms with Crippen LogP contribution in [0, 0.1) is 3.57 Å². The highest BCUT2D eigenvalue weighted by Gasteiger charge is 2.40. The zero-order valence-electron chi connectivity index (χ0n) is 24.3. The Balaban J connectivity index is 1.70. The first-order valence-electron chi connectivity index (χ1n) is 13.9. The number of fused-ring (bicyclic) bond motifs is 1. The van der Waals surface area contributed by atoms with Gasteiger partial charge in [-0.15, -0.1) is 0 Å². The number of halogens is 1. The second-order valence-corrected chi connectivity index (χ2v) is 11.7. The molecule has 0 saturated carbocycles. The second kappa shape index (κ2) is 14.7. The van der Waals surface area contributed by atoms with Crippen LogP contribution in [0.3, 0.4) is 0 Å². The predicted molar refractivity (Wildman–Crippen MR) is 171 cm³/mol. The third kappa shape index (κ3) is 7.84. The number of hydrogen-bond acceptors (Lipinski definition) is 7. The van der Waals surface area contributed by atoms with Crippen LogP contribution in [0.2, 0.25) is 0 Å². The second-order valence-electron chi connectivity index (χ2n) is 10.6. The number of para-hydroxylation sites is 1. The number of methoxy groups -OCH3 is 1. The Hall–Kier alpha value is -3.68. The average molecular weight is 702 g/mol. The molecule has 0 aliphatic heterocycles. The number of benzene rings is 2. The monoisotopic (exact) mass is 701 g/mol. The first-order valence-corrected chi connectivity index (χ1v) is 15.0. The molecule has 1 aliphatic rings. The number of carbonyl (C=O) groups excluding carboxylic acids is 3. The van der Waals surface area contributed by atoms with Crippen molar-refractivity contribution in [2.24, 2.45) is 0 Å². The summed E-state index contributed by atoms with van der Waals surface area (Å²) in [6.45, 7) is 3.72. The molecular formula is C32H36IN3O7. The summed E-state index contributed by atoms with van der Waals surface area (Å²) in [5.41, 5.74) is 3.42. The number of rotatable bonds is 12. The number of ether oxygens (including phenoxy) is 2. The smallest absolute Gasteiger partial charge is 0.247 e. The molecule has 10 nitrogen and oxygen atoms in total. The maximum absolute atomic E-state index is 13.6. The van der Waals surface area contributed by atoms with Crippen molar-refractivity contribution in [2.75, 3.05) is 26.8 Å². The number of nitrogens with zero attached hydrogens (tertiary/aromatic N) is 1. The number of aromatic amines is 1. The molecule has 228 valence electrons.